The number of hydrogen-bond acceptors (Lipinski definition) is 6. The molecule has 0 aliphatic rings. The van der Waals surface area contributed by atoms with Gasteiger partial charge in [-0.1, -0.05) is 30.3 Å². The summed E-state index contributed by atoms with van der Waals surface area (Å²) in [4.78, 5) is 23.6. The summed E-state index contributed by atoms with van der Waals surface area (Å²) in [5.74, 6) is -1.12. The molecular formula is C27H24F2N2O4. The Balaban J connectivity index is 1.68. The topological polar surface area (TPSA) is 76.7 Å². The minimum absolute atomic E-state index is 0.00260. The molecule has 0 bridgehead atoms. The zero-order valence-electron chi connectivity index (χ0n) is 19.4. The third kappa shape index (κ3) is 4.93. The molecule has 0 aliphatic carbocycles. The number of ether oxygens (including phenoxy) is 2. The van der Waals surface area contributed by atoms with Gasteiger partial charge in [0.05, 0.1) is 20.3 Å². The average molecular weight is 478 g/mol. The lowest BCUT2D eigenvalue weighted by atomic mass is 9.96. The van der Waals surface area contributed by atoms with Gasteiger partial charge in [0.1, 0.15) is 11.4 Å². The van der Waals surface area contributed by atoms with E-state index in [2.05, 4.69) is 10.6 Å². The van der Waals surface area contributed by atoms with E-state index in [1.54, 1.807) is 13.2 Å². The monoisotopic (exact) mass is 478 g/mol. The molecule has 0 radical (unpaired) electrons. The molecule has 180 valence electrons. The molecule has 0 spiro atoms. The summed E-state index contributed by atoms with van der Waals surface area (Å²) in [6.07, 6.45) is 0. The van der Waals surface area contributed by atoms with E-state index in [1.807, 2.05) is 49.4 Å². The molecule has 8 heteroatoms. The van der Waals surface area contributed by atoms with Crippen molar-refractivity contribution in [3.8, 4) is 11.5 Å². The van der Waals surface area contributed by atoms with E-state index in [1.165, 1.54) is 19.2 Å². The Morgan fingerprint density at radius 1 is 0.771 bits per heavy atom. The molecule has 2 atom stereocenters. The second-order valence-corrected chi connectivity index (χ2v) is 8.09. The first-order chi connectivity index (χ1) is 16.8. The fraction of sp³-hybridized carbons (Fsp3) is 0.185. The maximum atomic E-state index is 13.8. The van der Waals surface area contributed by atoms with Gasteiger partial charge in [0, 0.05) is 11.7 Å². The van der Waals surface area contributed by atoms with Crippen molar-refractivity contribution in [2.45, 2.75) is 19.0 Å². The predicted molar refractivity (Wildman–Crippen MR) is 130 cm³/mol. The average Bonchev–Trinajstić information content (AvgIpc) is 2.88. The van der Waals surface area contributed by atoms with Crippen molar-refractivity contribution in [2.75, 3.05) is 19.5 Å². The van der Waals surface area contributed by atoms with Gasteiger partial charge in [-0.05, 0) is 60.0 Å². The number of nitrogens with one attached hydrogen (secondary N) is 2. The minimum Gasteiger partial charge on any atom is -0.497 e. The lowest BCUT2D eigenvalue weighted by Gasteiger charge is -2.25. The standard InChI is InChI=1S/C27H24F2N2O4/c1-15(17-9-12-21(28)22(29)14-17)30-23(16-7-10-20(34-2)11-8-16)18-5-4-6-19(13-18)31-24-25(32)26(33)27(24)35-3/h4-15,23,30-31H,1-3H3/t15-,23?/m1/s1. The molecule has 2 N–H and O–H groups in total. The van der Waals surface area contributed by atoms with E-state index in [-0.39, 0.29) is 23.5 Å². The zero-order valence-corrected chi connectivity index (χ0v) is 19.4. The van der Waals surface area contributed by atoms with Gasteiger partial charge in [0.25, 0.3) is 10.9 Å². The highest BCUT2D eigenvalue weighted by atomic mass is 19.2. The van der Waals surface area contributed by atoms with Crippen LogP contribution in [0.1, 0.15) is 35.7 Å². The lowest BCUT2D eigenvalue weighted by molar-refractivity contribution is 0.408. The Labute approximate surface area is 200 Å². The molecule has 0 aromatic heterocycles. The van der Waals surface area contributed by atoms with Crippen LogP contribution in [-0.4, -0.2) is 14.2 Å². The molecule has 0 saturated carbocycles. The smallest absolute Gasteiger partial charge is 0.272 e. The fourth-order valence-corrected chi connectivity index (χ4v) is 3.93. The van der Waals surface area contributed by atoms with E-state index in [4.69, 9.17) is 9.47 Å². The molecule has 4 aromatic rings. The molecule has 4 aromatic carbocycles. The molecule has 0 heterocycles. The quantitative estimate of drug-likeness (QED) is 0.338. The van der Waals surface area contributed by atoms with Gasteiger partial charge in [0.2, 0.25) is 0 Å². The normalized spacial score (nSPS) is 12.8. The molecule has 4 rings (SSSR count). The van der Waals surface area contributed by atoms with Crippen LogP contribution in [-0.2, 0) is 0 Å². The third-order valence-electron chi connectivity index (χ3n) is 5.87. The molecule has 0 aliphatic heterocycles. The molecule has 6 nitrogen and oxygen atoms in total. The van der Waals surface area contributed by atoms with Crippen molar-refractivity contribution in [3.05, 3.63) is 116 Å². The molecule has 0 fully saturated rings. The Morgan fingerprint density at radius 3 is 2.14 bits per heavy atom. The number of anilines is 2. The van der Waals surface area contributed by atoms with Crippen molar-refractivity contribution in [2.24, 2.45) is 0 Å². The molecular weight excluding hydrogens is 454 g/mol. The van der Waals surface area contributed by atoms with Crippen molar-refractivity contribution >= 4 is 11.4 Å². The lowest BCUT2D eigenvalue weighted by Crippen LogP contribution is -2.34. The Kier molecular flexibility index (Phi) is 6.93. The summed E-state index contributed by atoms with van der Waals surface area (Å²) in [5.41, 5.74) is 1.74. The Hall–Kier alpha value is -4.04. The second kappa shape index (κ2) is 10.1. The fourth-order valence-electron chi connectivity index (χ4n) is 3.93. The molecule has 0 amide bonds. The number of halogens is 2. The van der Waals surface area contributed by atoms with Gasteiger partial charge in [-0.3, -0.25) is 14.9 Å². The Bertz CT molecular complexity index is 1410. The van der Waals surface area contributed by atoms with Crippen molar-refractivity contribution in [1.29, 1.82) is 0 Å². The number of benzene rings is 3. The number of hydrogen-bond donors (Lipinski definition) is 2. The van der Waals surface area contributed by atoms with Crippen molar-refractivity contribution in [1.82, 2.24) is 5.32 Å². The summed E-state index contributed by atoms with van der Waals surface area (Å²) in [7, 11) is 2.92. The summed E-state index contributed by atoms with van der Waals surface area (Å²) in [6.45, 7) is 1.86. The predicted octanol–water partition coefficient (Wildman–Crippen LogP) is 4.76. The van der Waals surface area contributed by atoms with Gasteiger partial charge >= 0.3 is 0 Å². The molecule has 0 saturated heterocycles. The van der Waals surface area contributed by atoms with E-state index in [0.29, 0.717) is 17.0 Å². The van der Waals surface area contributed by atoms with E-state index in [0.717, 1.165) is 17.2 Å². The summed E-state index contributed by atoms with van der Waals surface area (Å²) in [5, 5.41) is 6.45. The highest BCUT2D eigenvalue weighted by Crippen LogP contribution is 2.31. The van der Waals surface area contributed by atoms with Crippen LogP contribution >= 0.6 is 0 Å². The first-order valence-electron chi connectivity index (χ1n) is 10.9. The number of methoxy groups -OCH3 is 2. The van der Waals surface area contributed by atoms with Gasteiger partial charge in [-0.25, -0.2) is 8.78 Å². The van der Waals surface area contributed by atoms with Crippen LogP contribution in [0, 0.1) is 11.6 Å². The van der Waals surface area contributed by atoms with Crippen LogP contribution in [0.5, 0.6) is 11.5 Å². The van der Waals surface area contributed by atoms with Gasteiger partial charge in [-0.15, -0.1) is 0 Å². The van der Waals surface area contributed by atoms with Gasteiger partial charge in [-0.2, -0.15) is 0 Å². The summed E-state index contributed by atoms with van der Waals surface area (Å²) in [6, 6.07) is 18.0. The van der Waals surface area contributed by atoms with Crippen LogP contribution in [0.2, 0.25) is 0 Å². The minimum atomic E-state index is -0.912. The molecule has 35 heavy (non-hydrogen) atoms. The first-order valence-corrected chi connectivity index (χ1v) is 10.9. The van der Waals surface area contributed by atoms with E-state index < -0.39 is 22.5 Å². The van der Waals surface area contributed by atoms with Crippen LogP contribution < -0.4 is 31.0 Å². The van der Waals surface area contributed by atoms with E-state index in [9.17, 15) is 18.4 Å². The van der Waals surface area contributed by atoms with Gasteiger partial charge < -0.3 is 14.8 Å². The largest absolute Gasteiger partial charge is 0.497 e. The SMILES string of the molecule is COc1ccc(C(N[C@H](C)c2ccc(F)c(F)c2)c2cccc(Nc3c(OC)c(=O)c3=O)c2)cc1. The van der Waals surface area contributed by atoms with Crippen LogP contribution in [0.4, 0.5) is 20.2 Å². The van der Waals surface area contributed by atoms with Crippen LogP contribution in [0.25, 0.3) is 0 Å². The third-order valence-corrected chi connectivity index (χ3v) is 5.87. The van der Waals surface area contributed by atoms with Crippen LogP contribution in [0.3, 0.4) is 0 Å². The first kappa shape index (κ1) is 24.1. The highest BCUT2D eigenvalue weighted by molar-refractivity contribution is 5.70. The zero-order chi connectivity index (χ0) is 25.1. The molecule has 1 unspecified atom stereocenters. The summed E-state index contributed by atoms with van der Waals surface area (Å²) < 4.78 is 37.6. The van der Waals surface area contributed by atoms with Crippen molar-refractivity contribution < 1.29 is 18.3 Å². The van der Waals surface area contributed by atoms with Crippen LogP contribution in [0.15, 0.2) is 76.3 Å². The maximum absolute atomic E-state index is 13.8. The Morgan fingerprint density at radius 2 is 1.49 bits per heavy atom. The summed E-state index contributed by atoms with van der Waals surface area (Å²) >= 11 is 0. The van der Waals surface area contributed by atoms with Crippen molar-refractivity contribution in [3.63, 3.8) is 0 Å². The van der Waals surface area contributed by atoms with Gasteiger partial charge in [0.15, 0.2) is 17.4 Å². The second-order valence-electron chi connectivity index (χ2n) is 8.09. The highest BCUT2D eigenvalue weighted by Gasteiger charge is 2.23. The maximum Gasteiger partial charge on any atom is 0.272 e. The van der Waals surface area contributed by atoms with E-state index >= 15 is 0 Å². The number of rotatable bonds is 9.